The molecule has 0 heterocycles. The van der Waals surface area contributed by atoms with Crippen LogP contribution in [0, 0.1) is 0 Å². The van der Waals surface area contributed by atoms with E-state index in [1.165, 1.54) is 38.5 Å². The zero-order valence-electron chi connectivity index (χ0n) is 31.2. The molecule has 0 saturated carbocycles. The topological polar surface area (TPSA) is 105 Å². The lowest BCUT2D eigenvalue weighted by Crippen LogP contribution is -2.45. The molecule has 0 aliphatic carbocycles. The van der Waals surface area contributed by atoms with Gasteiger partial charge in [-0.1, -0.05) is 120 Å². The van der Waals surface area contributed by atoms with Crippen LogP contribution in [0.2, 0.25) is 0 Å². The number of quaternary nitrogens is 1. The van der Waals surface area contributed by atoms with Crippen LogP contribution in [0.25, 0.3) is 0 Å². The van der Waals surface area contributed by atoms with Crippen LogP contribution >= 0.6 is 7.82 Å². The second-order valence-corrected chi connectivity index (χ2v) is 15.0. The number of phosphoric ester groups is 1. The normalized spacial score (nSPS) is 15.4. The van der Waals surface area contributed by atoms with Crippen molar-refractivity contribution in [2.75, 3.05) is 40.9 Å². The number of carbonyl (C=O) groups excluding carboxylic acids is 1. The van der Waals surface area contributed by atoms with Gasteiger partial charge in [-0.3, -0.25) is 13.8 Å². The van der Waals surface area contributed by atoms with Crippen LogP contribution in [0.1, 0.15) is 129 Å². The van der Waals surface area contributed by atoms with Gasteiger partial charge in [0.2, 0.25) is 5.91 Å². The highest BCUT2D eigenvalue weighted by molar-refractivity contribution is 7.47. The Labute approximate surface area is 294 Å². The van der Waals surface area contributed by atoms with Crippen LogP contribution < -0.4 is 5.32 Å². The standard InChI is InChI=1S/C39H71N2O6P/c1-6-8-10-12-14-15-16-17-18-19-20-21-22-23-24-25-27-29-31-33-39(43)40-37(38(42)32-30-28-26-13-11-9-7-2)36-47-48(44,45)46-35-34-41(3,4)5/h11,13-15,17-18,20-21,30,32,37-38,42H,6-10,12,16,19,22-29,31,33-36H2,1-5H3,(H-,40,43,44,45)/p+1/b13-11+,15-14-,18-17-,21-20-,32-30+. The van der Waals surface area contributed by atoms with Crippen molar-refractivity contribution in [3.8, 4) is 0 Å². The summed E-state index contributed by atoms with van der Waals surface area (Å²) in [7, 11) is 1.53. The molecule has 0 aromatic heterocycles. The van der Waals surface area contributed by atoms with Gasteiger partial charge in [0.1, 0.15) is 13.2 Å². The largest absolute Gasteiger partial charge is 0.472 e. The molecule has 3 unspecified atom stereocenters. The number of amides is 1. The maximum absolute atomic E-state index is 12.7. The monoisotopic (exact) mass is 696 g/mol. The summed E-state index contributed by atoms with van der Waals surface area (Å²) in [5.74, 6) is -0.209. The van der Waals surface area contributed by atoms with Crippen molar-refractivity contribution < 1.29 is 32.9 Å². The van der Waals surface area contributed by atoms with Crippen LogP contribution in [0.5, 0.6) is 0 Å². The summed E-state index contributed by atoms with van der Waals surface area (Å²) in [4.78, 5) is 22.9. The Morgan fingerprint density at radius 2 is 1.25 bits per heavy atom. The van der Waals surface area contributed by atoms with Crippen LogP contribution in [-0.4, -0.2) is 73.4 Å². The second kappa shape index (κ2) is 31.2. The quantitative estimate of drug-likeness (QED) is 0.0280. The number of hydrogen-bond donors (Lipinski definition) is 3. The average molecular weight is 696 g/mol. The molecule has 0 bridgehead atoms. The number of hydrogen-bond acceptors (Lipinski definition) is 5. The van der Waals surface area contributed by atoms with Crippen molar-refractivity contribution in [3.63, 3.8) is 0 Å². The fourth-order valence-corrected chi connectivity index (χ4v) is 5.39. The highest BCUT2D eigenvalue weighted by Gasteiger charge is 2.27. The van der Waals surface area contributed by atoms with E-state index in [0.717, 1.165) is 70.6 Å². The third-order valence-corrected chi connectivity index (χ3v) is 8.68. The van der Waals surface area contributed by atoms with Crippen molar-refractivity contribution in [3.05, 3.63) is 60.8 Å². The van der Waals surface area contributed by atoms with Crippen LogP contribution in [-0.2, 0) is 18.4 Å². The lowest BCUT2D eigenvalue weighted by molar-refractivity contribution is -0.870. The van der Waals surface area contributed by atoms with Gasteiger partial charge in [0.25, 0.3) is 0 Å². The number of rotatable bonds is 32. The highest BCUT2D eigenvalue weighted by atomic mass is 31.2. The van der Waals surface area contributed by atoms with Crippen LogP contribution in [0.3, 0.4) is 0 Å². The SMILES string of the molecule is CCC/C=C/CC/C=C/C(O)C(COP(=O)(O)OCC[N+](C)(C)C)NC(=O)CCCCCCCC/C=C\C/C=C\C/C=C\CCCCC. The molecule has 0 aliphatic heterocycles. The van der Waals surface area contributed by atoms with Crippen molar-refractivity contribution >= 4 is 13.7 Å². The number of nitrogens with zero attached hydrogens (tertiary/aromatic N) is 1. The van der Waals surface area contributed by atoms with Gasteiger partial charge >= 0.3 is 7.82 Å². The fourth-order valence-electron chi connectivity index (χ4n) is 4.66. The minimum atomic E-state index is -4.34. The minimum absolute atomic E-state index is 0.0498. The van der Waals surface area contributed by atoms with E-state index in [0.29, 0.717) is 17.4 Å². The van der Waals surface area contributed by atoms with Gasteiger partial charge in [0.05, 0.1) is 39.9 Å². The molecule has 0 spiro atoms. The summed E-state index contributed by atoms with van der Waals surface area (Å²) in [6.07, 6.45) is 38.8. The number of aliphatic hydroxyl groups is 1. The van der Waals surface area contributed by atoms with E-state index in [4.69, 9.17) is 9.05 Å². The Balaban J connectivity index is 4.41. The van der Waals surface area contributed by atoms with Gasteiger partial charge in [-0.25, -0.2) is 4.57 Å². The Morgan fingerprint density at radius 3 is 1.88 bits per heavy atom. The number of aliphatic hydroxyl groups excluding tert-OH is 1. The summed E-state index contributed by atoms with van der Waals surface area (Å²) in [6.45, 7) is 4.60. The predicted molar refractivity (Wildman–Crippen MR) is 203 cm³/mol. The first-order valence-corrected chi connectivity index (χ1v) is 20.2. The zero-order valence-corrected chi connectivity index (χ0v) is 32.1. The van der Waals surface area contributed by atoms with E-state index >= 15 is 0 Å². The van der Waals surface area contributed by atoms with Crippen LogP contribution in [0.15, 0.2) is 60.8 Å². The highest BCUT2D eigenvalue weighted by Crippen LogP contribution is 2.43. The summed E-state index contributed by atoms with van der Waals surface area (Å²) in [5, 5.41) is 13.6. The molecule has 0 radical (unpaired) electrons. The van der Waals surface area contributed by atoms with Gasteiger partial charge in [-0.2, -0.15) is 0 Å². The van der Waals surface area contributed by atoms with Gasteiger partial charge < -0.3 is 19.8 Å². The number of nitrogens with one attached hydrogen (secondary N) is 1. The molecule has 0 aromatic rings. The molecule has 278 valence electrons. The van der Waals surface area contributed by atoms with Crippen molar-refractivity contribution in [2.45, 2.75) is 142 Å². The Kier molecular flexibility index (Phi) is 30.0. The number of allylic oxidation sites excluding steroid dienone is 9. The molecule has 0 saturated heterocycles. The second-order valence-electron chi connectivity index (χ2n) is 13.6. The lowest BCUT2D eigenvalue weighted by Gasteiger charge is -2.25. The lowest BCUT2D eigenvalue weighted by atomic mass is 10.1. The van der Waals surface area contributed by atoms with Crippen molar-refractivity contribution in [2.24, 2.45) is 0 Å². The van der Waals surface area contributed by atoms with E-state index in [2.05, 4.69) is 67.8 Å². The molecule has 0 aromatic carbocycles. The van der Waals surface area contributed by atoms with Gasteiger partial charge in [-0.05, 0) is 64.2 Å². The summed E-state index contributed by atoms with van der Waals surface area (Å²) < 4.78 is 23.3. The molecular weight excluding hydrogens is 623 g/mol. The maximum Gasteiger partial charge on any atom is 0.472 e. The van der Waals surface area contributed by atoms with Crippen molar-refractivity contribution in [1.29, 1.82) is 0 Å². The summed E-state index contributed by atoms with van der Waals surface area (Å²) in [5.41, 5.74) is 0. The molecular formula is C39H72N2O6P+. The molecule has 0 fully saturated rings. The van der Waals surface area contributed by atoms with Crippen LogP contribution in [0.4, 0.5) is 0 Å². The minimum Gasteiger partial charge on any atom is -0.387 e. The smallest absolute Gasteiger partial charge is 0.387 e. The van der Waals surface area contributed by atoms with E-state index in [1.807, 2.05) is 27.2 Å². The van der Waals surface area contributed by atoms with Gasteiger partial charge in [-0.15, -0.1) is 0 Å². The van der Waals surface area contributed by atoms with E-state index < -0.39 is 20.0 Å². The summed E-state index contributed by atoms with van der Waals surface area (Å²) in [6, 6.07) is -0.868. The number of phosphoric acid groups is 1. The number of carbonyl (C=O) groups is 1. The fraction of sp³-hybridized carbons (Fsp3) is 0.718. The predicted octanol–water partition coefficient (Wildman–Crippen LogP) is 9.51. The Morgan fingerprint density at radius 1 is 0.708 bits per heavy atom. The number of unbranched alkanes of at least 4 members (excludes halogenated alkanes) is 11. The Bertz CT molecular complexity index is 970. The number of likely N-dealkylation sites (N-methyl/N-ethyl adjacent to an activating group) is 1. The van der Waals surface area contributed by atoms with Gasteiger partial charge in [0.15, 0.2) is 0 Å². The molecule has 3 N–H and O–H groups in total. The maximum atomic E-state index is 12.7. The molecule has 0 aliphatic rings. The average Bonchev–Trinajstić information content (AvgIpc) is 3.02. The van der Waals surface area contributed by atoms with E-state index in [1.54, 1.807) is 6.08 Å². The zero-order chi connectivity index (χ0) is 35.8. The first-order chi connectivity index (χ1) is 23.0. The first kappa shape index (κ1) is 46.2. The third kappa shape index (κ3) is 32.7. The Hall–Kier alpha value is -1.80. The molecule has 9 heteroatoms. The summed E-state index contributed by atoms with van der Waals surface area (Å²) >= 11 is 0. The molecule has 48 heavy (non-hydrogen) atoms. The molecule has 0 rings (SSSR count). The van der Waals surface area contributed by atoms with Crippen molar-refractivity contribution in [1.82, 2.24) is 5.32 Å². The molecule has 1 amide bonds. The molecule has 8 nitrogen and oxygen atoms in total. The van der Waals surface area contributed by atoms with E-state index in [9.17, 15) is 19.4 Å². The van der Waals surface area contributed by atoms with E-state index in [-0.39, 0.29) is 19.1 Å². The molecule has 3 atom stereocenters. The first-order valence-electron chi connectivity index (χ1n) is 18.7. The third-order valence-electron chi connectivity index (χ3n) is 7.69. The van der Waals surface area contributed by atoms with Gasteiger partial charge in [0, 0.05) is 6.42 Å².